The molecule has 0 aliphatic rings. The van der Waals surface area contributed by atoms with E-state index in [0.717, 1.165) is 17.1 Å². The van der Waals surface area contributed by atoms with Gasteiger partial charge in [-0.25, -0.2) is 0 Å². The van der Waals surface area contributed by atoms with Crippen LogP contribution in [-0.4, -0.2) is 21.9 Å². The Labute approximate surface area is 142 Å². The predicted molar refractivity (Wildman–Crippen MR) is 90.9 cm³/mol. The maximum atomic E-state index is 11.9. The summed E-state index contributed by atoms with van der Waals surface area (Å²) in [5.41, 5.74) is 0.900. The Balaban J connectivity index is 1.58. The lowest BCUT2D eigenvalue weighted by molar-refractivity contribution is -0.118. The normalized spacial score (nSPS) is 10.3. The van der Waals surface area contributed by atoms with E-state index in [4.69, 9.17) is 16.3 Å². The molecule has 1 aromatic heterocycles. The Morgan fingerprint density at radius 2 is 1.87 bits per heavy atom. The molecule has 0 aliphatic carbocycles. The van der Waals surface area contributed by atoms with Gasteiger partial charge in [0.2, 0.25) is 5.13 Å². The zero-order valence-electron chi connectivity index (χ0n) is 11.9. The first-order chi connectivity index (χ1) is 11.2. The van der Waals surface area contributed by atoms with E-state index in [1.807, 2.05) is 30.3 Å². The van der Waals surface area contributed by atoms with Crippen LogP contribution in [-0.2, 0) is 4.79 Å². The molecule has 23 heavy (non-hydrogen) atoms. The summed E-state index contributed by atoms with van der Waals surface area (Å²) < 4.78 is 9.60. The van der Waals surface area contributed by atoms with E-state index >= 15 is 0 Å². The Kier molecular flexibility index (Phi) is 4.85. The molecule has 0 saturated heterocycles. The van der Waals surface area contributed by atoms with Crippen molar-refractivity contribution in [2.45, 2.75) is 0 Å². The fraction of sp³-hybridized carbons (Fsp3) is 0.0625. The molecule has 1 N–H and O–H groups in total. The molecule has 1 heterocycles. The molecule has 116 valence electrons. The average molecular weight is 346 g/mol. The number of hydrogen-bond acceptors (Lipinski definition) is 5. The number of carbonyl (C=O) groups excluding carboxylic acids is 1. The van der Waals surface area contributed by atoms with Crippen molar-refractivity contribution >= 4 is 34.2 Å². The highest BCUT2D eigenvalue weighted by Crippen LogP contribution is 2.23. The minimum Gasteiger partial charge on any atom is -0.482 e. The maximum absolute atomic E-state index is 11.9. The molecule has 0 aliphatic heterocycles. The van der Waals surface area contributed by atoms with Gasteiger partial charge in [0.1, 0.15) is 5.75 Å². The summed E-state index contributed by atoms with van der Waals surface area (Å²) in [7, 11) is 0. The molecular weight excluding hydrogens is 334 g/mol. The van der Waals surface area contributed by atoms with Gasteiger partial charge >= 0.3 is 0 Å². The van der Waals surface area contributed by atoms with Crippen LogP contribution in [0.25, 0.3) is 11.4 Å². The molecule has 7 heteroatoms. The van der Waals surface area contributed by atoms with Gasteiger partial charge in [0.05, 0.1) is 5.02 Å². The van der Waals surface area contributed by atoms with Gasteiger partial charge in [-0.3, -0.25) is 10.1 Å². The van der Waals surface area contributed by atoms with Crippen LogP contribution in [0.1, 0.15) is 0 Å². The minimum atomic E-state index is -0.319. The number of benzene rings is 2. The van der Waals surface area contributed by atoms with Crippen LogP contribution in [0.5, 0.6) is 5.75 Å². The maximum Gasteiger partial charge on any atom is 0.264 e. The van der Waals surface area contributed by atoms with Gasteiger partial charge in [-0.1, -0.05) is 54.1 Å². The molecule has 0 atom stereocenters. The van der Waals surface area contributed by atoms with Gasteiger partial charge in [-0.2, -0.15) is 9.36 Å². The summed E-state index contributed by atoms with van der Waals surface area (Å²) in [5.74, 6) is 0.727. The van der Waals surface area contributed by atoms with Crippen LogP contribution in [0.15, 0.2) is 54.6 Å². The molecule has 0 radical (unpaired) electrons. The molecule has 3 rings (SSSR count). The molecular formula is C16H12ClN3O2S. The van der Waals surface area contributed by atoms with Crippen molar-refractivity contribution in [2.24, 2.45) is 0 Å². The van der Waals surface area contributed by atoms with Crippen LogP contribution in [0, 0.1) is 0 Å². The molecule has 0 bridgehead atoms. The van der Waals surface area contributed by atoms with Gasteiger partial charge in [-0.15, -0.1) is 0 Å². The third kappa shape index (κ3) is 4.06. The number of rotatable bonds is 5. The Morgan fingerprint density at radius 1 is 1.13 bits per heavy atom. The molecule has 0 saturated carbocycles. The van der Waals surface area contributed by atoms with E-state index < -0.39 is 0 Å². The molecule has 2 aromatic carbocycles. The van der Waals surface area contributed by atoms with Gasteiger partial charge in [-0.05, 0) is 12.1 Å². The molecule has 0 fully saturated rings. The van der Waals surface area contributed by atoms with Crippen LogP contribution < -0.4 is 10.1 Å². The number of amides is 1. The van der Waals surface area contributed by atoms with Crippen LogP contribution in [0.4, 0.5) is 5.13 Å². The Hall–Kier alpha value is -2.44. The summed E-state index contributed by atoms with van der Waals surface area (Å²) in [6.07, 6.45) is 0. The highest BCUT2D eigenvalue weighted by Gasteiger charge is 2.10. The molecule has 5 nitrogen and oxygen atoms in total. The predicted octanol–water partition coefficient (Wildman–Crippen LogP) is 3.88. The quantitative estimate of drug-likeness (QED) is 0.762. The van der Waals surface area contributed by atoms with E-state index in [1.54, 1.807) is 24.3 Å². The van der Waals surface area contributed by atoms with E-state index in [1.165, 1.54) is 0 Å². The van der Waals surface area contributed by atoms with Gasteiger partial charge in [0, 0.05) is 17.1 Å². The smallest absolute Gasteiger partial charge is 0.264 e. The molecule has 1 amide bonds. The topological polar surface area (TPSA) is 64.1 Å². The number of nitrogens with zero attached hydrogens (tertiary/aromatic N) is 2. The second-order valence-corrected chi connectivity index (χ2v) is 5.72. The minimum absolute atomic E-state index is 0.149. The highest BCUT2D eigenvalue weighted by molar-refractivity contribution is 7.10. The van der Waals surface area contributed by atoms with Crippen molar-refractivity contribution < 1.29 is 9.53 Å². The van der Waals surface area contributed by atoms with Crippen molar-refractivity contribution in [1.82, 2.24) is 9.36 Å². The van der Waals surface area contributed by atoms with Crippen molar-refractivity contribution in [3.8, 4) is 17.1 Å². The number of nitrogens with one attached hydrogen (secondary N) is 1. The SMILES string of the molecule is O=C(COc1ccccc1Cl)Nc1nc(-c2ccccc2)ns1. The van der Waals surface area contributed by atoms with E-state index in [0.29, 0.717) is 21.7 Å². The summed E-state index contributed by atoms with van der Waals surface area (Å²) in [6.45, 7) is -0.149. The first-order valence-corrected chi connectivity index (χ1v) is 7.94. The molecule has 0 unspecified atom stereocenters. The fourth-order valence-corrected chi connectivity index (χ4v) is 2.64. The third-order valence-corrected chi connectivity index (χ3v) is 3.84. The van der Waals surface area contributed by atoms with Crippen molar-refractivity contribution in [1.29, 1.82) is 0 Å². The molecule has 0 spiro atoms. The number of para-hydroxylation sites is 1. The van der Waals surface area contributed by atoms with Crippen molar-refractivity contribution in [3.63, 3.8) is 0 Å². The summed E-state index contributed by atoms with van der Waals surface area (Å²) in [5, 5.41) is 3.55. The second kappa shape index (κ2) is 7.21. The lowest BCUT2D eigenvalue weighted by atomic mass is 10.2. The Morgan fingerprint density at radius 3 is 2.65 bits per heavy atom. The van der Waals surface area contributed by atoms with Crippen LogP contribution >= 0.6 is 23.1 Å². The zero-order valence-corrected chi connectivity index (χ0v) is 13.5. The third-order valence-electron chi connectivity index (χ3n) is 2.90. The number of aromatic nitrogens is 2. The summed E-state index contributed by atoms with van der Waals surface area (Å²) in [4.78, 5) is 16.2. The summed E-state index contributed by atoms with van der Waals surface area (Å²) in [6, 6.07) is 16.5. The zero-order chi connectivity index (χ0) is 16.1. The van der Waals surface area contributed by atoms with E-state index in [2.05, 4.69) is 14.7 Å². The Bertz CT molecular complexity index is 808. The van der Waals surface area contributed by atoms with Crippen molar-refractivity contribution in [2.75, 3.05) is 11.9 Å². The average Bonchev–Trinajstić information content (AvgIpc) is 3.03. The fourth-order valence-electron chi connectivity index (χ4n) is 1.84. The van der Waals surface area contributed by atoms with Crippen LogP contribution in [0.2, 0.25) is 5.02 Å². The molecule has 3 aromatic rings. The number of hydrogen-bond donors (Lipinski definition) is 1. The lowest BCUT2D eigenvalue weighted by Crippen LogP contribution is -2.20. The first-order valence-electron chi connectivity index (χ1n) is 6.79. The lowest BCUT2D eigenvalue weighted by Gasteiger charge is -2.06. The van der Waals surface area contributed by atoms with Crippen LogP contribution in [0.3, 0.4) is 0 Å². The van der Waals surface area contributed by atoms with Gasteiger partial charge < -0.3 is 4.74 Å². The van der Waals surface area contributed by atoms with Crippen molar-refractivity contribution in [3.05, 3.63) is 59.6 Å². The van der Waals surface area contributed by atoms with Gasteiger partial charge in [0.25, 0.3) is 5.91 Å². The number of anilines is 1. The second-order valence-electron chi connectivity index (χ2n) is 4.56. The monoisotopic (exact) mass is 345 g/mol. The highest BCUT2D eigenvalue weighted by atomic mass is 35.5. The standard InChI is InChI=1S/C16H12ClN3O2S/c17-12-8-4-5-9-13(12)22-10-14(21)18-16-19-15(20-23-16)11-6-2-1-3-7-11/h1-9H,10H2,(H,18,19,20,21). The number of ether oxygens (including phenoxy) is 1. The van der Waals surface area contributed by atoms with Gasteiger partial charge in [0.15, 0.2) is 12.4 Å². The number of carbonyl (C=O) groups is 1. The first kappa shape index (κ1) is 15.5. The summed E-state index contributed by atoms with van der Waals surface area (Å²) >= 11 is 7.08. The largest absolute Gasteiger partial charge is 0.482 e. The van der Waals surface area contributed by atoms with E-state index in [-0.39, 0.29) is 12.5 Å². The number of halogens is 1. The van der Waals surface area contributed by atoms with E-state index in [9.17, 15) is 4.79 Å².